The van der Waals surface area contributed by atoms with Crippen molar-refractivity contribution < 1.29 is 17.6 Å². The number of aryl methyl sites for hydroxylation is 2. The smallest absolute Gasteiger partial charge is 0.160 e. The second-order valence-corrected chi connectivity index (χ2v) is 7.63. The van der Waals surface area contributed by atoms with Gasteiger partial charge in [0.2, 0.25) is 0 Å². The van der Waals surface area contributed by atoms with Crippen LogP contribution in [0.3, 0.4) is 0 Å². The van der Waals surface area contributed by atoms with E-state index >= 15 is 0 Å². The summed E-state index contributed by atoms with van der Waals surface area (Å²) in [4.78, 5) is 0. The van der Waals surface area contributed by atoms with Crippen molar-refractivity contribution in [1.82, 2.24) is 0 Å². The van der Waals surface area contributed by atoms with E-state index in [9.17, 15) is 17.6 Å². The SMILES string of the molecule is CCc1ccc(C2CCc3cc(C#Cc4ccc(F)c(F)c4)c(F)cc3C2)c(F)c1. The predicted molar refractivity (Wildman–Crippen MR) is 109 cm³/mol. The highest BCUT2D eigenvalue weighted by molar-refractivity contribution is 5.48. The third kappa shape index (κ3) is 4.11. The number of fused-ring (bicyclic) bond motifs is 1. The first-order valence-corrected chi connectivity index (χ1v) is 10.0. The van der Waals surface area contributed by atoms with Crippen molar-refractivity contribution in [3.63, 3.8) is 0 Å². The van der Waals surface area contributed by atoms with Crippen LogP contribution < -0.4 is 0 Å². The van der Waals surface area contributed by atoms with Crippen molar-refractivity contribution in [2.45, 2.75) is 38.5 Å². The molecule has 3 aromatic carbocycles. The Kier molecular flexibility index (Phi) is 5.63. The molecule has 1 atom stereocenters. The molecule has 0 aliphatic heterocycles. The third-order valence-electron chi connectivity index (χ3n) is 5.69. The zero-order valence-corrected chi connectivity index (χ0v) is 16.5. The van der Waals surface area contributed by atoms with Crippen molar-refractivity contribution >= 4 is 0 Å². The van der Waals surface area contributed by atoms with E-state index in [-0.39, 0.29) is 22.9 Å². The minimum atomic E-state index is -0.988. The van der Waals surface area contributed by atoms with Crippen LogP contribution in [0, 0.1) is 35.1 Å². The minimum absolute atomic E-state index is 0.0157. The molecule has 4 heteroatoms. The van der Waals surface area contributed by atoms with Gasteiger partial charge in [-0.2, -0.15) is 0 Å². The van der Waals surface area contributed by atoms with Gasteiger partial charge in [0.1, 0.15) is 11.6 Å². The fourth-order valence-electron chi connectivity index (χ4n) is 3.98. The molecule has 4 rings (SSSR count). The van der Waals surface area contributed by atoms with E-state index in [0.717, 1.165) is 41.7 Å². The van der Waals surface area contributed by atoms with Gasteiger partial charge in [-0.15, -0.1) is 0 Å². The molecule has 0 amide bonds. The number of benzene rings is 3. The highest BCUT2D eigenvalue weighted by Crippen LogP contribution is 2.35. The van der Waals surface area contributed by atoms with E-state index < -0.39 is 17.5 Å². The van der Waals surface area contributed by atoms with Crippen LogP contribution in [0.2, 0.25) is 0 Å². The Bertz CT molecular complexity index is 1170. The first kappa shape index (κ1) is 20.2. The van der Waals surface area contributed by atoms with Crippen molar-refractivity contribution in [2.75, 3.05) is 0 Å². The molecule has 1 unspecified atom stereocenters. The van der Waals surface area contributed by atoms with Gasteiger partial charge in [0.05, 0.1) is 5.56 Å². The standard InChI is InChI=1S/C26H20F4/c1-2-16-4-9-22(25(29)11-16)19-8-7-18-13-20(24(28)15-21(18)14-19)6-3-17-5-10-23(27)26(30)12-17/h4-5,9-13,15,19H,2,7-8,14H2,1H3. The Morgan fingerprint density at radius 1 is 0.800 bits per heavy atom. The van der Waals surface area contributed by atoms with Crippen LogP contribution in [0.15, 0.2) is 48.5 Å². The summed E-state index contributed by atoms with van der Waals surface area (Å²) < 4.78 is 55.5. The normalized spacial score (nSPS) is 15.3. The maximum Gasteiger partial charge on any atom is 0.160 e. The molecule has 0 N–H and O–H groups in total. The number of halogens is 4. The van der Waals surface area contributed by atoms with Gasteiger partial charge in [-0.3, -0.25) is 0 Å². The van der Waals surface area contributed by atoms with Crippen LogP contribution in [-0.2, 0) is 19.3 Å². The van der Waals surface area contributed by atoms with E-state index in [1.807, 2.05) is 19.1 Å². The first-order valence-electron chi connectivity index (χ1n) is 10.0. The van der Waals surface area contributed by atoms with E-state index in [1.165, 1.54) is 12.1 Å². The average Bonchev–Trinajstić information content (AvgIpc) is 2.74. The lowest BCUT2D eigenvalue weighted by atomic mass is 9.79. The van der Waals surface area contributed by atoms with Crippen molar-refractivity contribution in [3.8, 4) is 11.8 Å². The number of hydrogen-bond acceptors (Lipinski definition) is 0. The molecular formula is C26H20F4. The summed E-state index contributed by atoms with van der Waals surface area (Å²) in [5, 5.41) is 0. The third-order valence-corrected chi connectivity index (χ3v) is 5.69. The summed E-state index contributed by atoms with van der Waals surface area (Å²) >= 11 is 0. The molecule has 0 fully saturated rings. The molecule has 0 spiro atoms. The molecule has 0 saturated heterocycles. The lowest BCUT2D eigenvalue weighted by molar-refractivity contribution is 0.508. The van der Waals surface area contributed by atoms with Gasteiger partial charge >= 0.3 is 0 Å². The van der Waals surface area contributed by atoms with E-state index in [4.69, 9.17) is 0 Å². The Hall–Kier alpha value is -3.06. The molecule has 0 heterocycles. The first-order chi connectivity index (χ1) is 14.4. The second kappa shape index (κ2) is 8.36. The molecule has 152 valence electrons. The van der Waals surface area contributed by atoms with Gasteiger partial charge in [0.25, 0.3) is 0 Å². The van der Waals surface area contributed by atoms with Crippen LogP contribution in [-0.4, -0.2) is 0 Å². The monoisotopic (exact) mass is 408 g/mol. The van der Waals surface area contributed by atoms with E-state index in [1.54, 1.807) is 12.1 Å². The highest BCUT2D eigenvalue weighted by atomic mass is 19.2. The maximum atomic E-state index is 14.6. The van der Waals surface area contributed by atoms with Gasteiger partial charge in [-0.25, -0.2) is 17.6 Å². The zero-order valence-electron chi connectivity index (χ0n) is 16.5. The quantitative estimate of drug-likeness (QED) is 0.336. The fourth-order valence-corrected chi connectivity index (χ4v) is 3.98. The molecule has 0 aromatic heterocycles. The molecule has 0 bridgehead atoms. The zero-order chi connectivity index (χ0) is 21.3. The van der Waals surface area contributed by atoms with Crippen LogP contribution in [0.25, 0.3) is 0 Å². The van der Waals surface area contributed by atoms with Crippen molar-refractivity contribution in [1.29, 1.82) is 0 Å². The summed E-state index contributed by atoms with van der Waals surface area (Å²) in [5.41, 5.74) is 3.99. The van der Waals surface area contributed by atoms with Crippen LogP contribution >= 0.6 is 0 Å². The lowest BCUT2D eigenvalue weighted by Crippen LogP contribution is -2.15. The lowest BCUT2D eigenvalue weighted by Gasteiger charge is -2.26. The maximum absolute atomic E-state index is 14.6. The summed E-state index contributed by atoms with van der Waals surface area (Å²) in [6.45, 7) is 1.99. The molecule has 1 aliphatic rings. The number of rotatable bonds is 2. The Morgan fingerprint density at radius 2 is 1.63 bits per heavy atom. The summed E-state index contributed by atoms with van der Waals surface area (Å²) in [6, 6.07) is 11.9. The highest BCUT2D eigenvalue weighted by Gasteiger charge is 2.24. The minimum Gasteiger partial charge on any atom is -0.207 e. The Morgan fingerprint density at radius 3 is 2.37 bits per heavy atom. The second-order valence-electron chi connectivity index (χ2n) is 7.63. The molecule has 30 heavy (non-hydrogen) atoms. The van der Waals surface area contributed by atoms with E-state index in [0.29, 0.717) is 18.4 Å². The van der Waals surface area contributed by atoms with Crippen LogP contribution in [0.4, 0.5) is 17.6 Å². The fraction of sp³-hybridized carbons (Fsp3) is 0.231. The Labute approximate surface area is 173 Å². The van der Waals surface area contributed by atoms with Crippen molar-refractivity contribution in [3.05, 3.63) is 105 Å². The summed E-state index contributed by atoms with van der Waals surface area (Å²) in [7, 11) is 0. The average molecular weight is 408 g/mol. The molecule has 3 aromatic rings. The van der Waals surface area contributed by atoms with Crippen LogP contribution in [0.5, 0.6) is 0 Å². The van der Waals surface area contributed by atoms with Gasteiger partial charge in [0, 0.05) is 5.56 Å². The molecule has 0 nitrogen and oxygen atoms in total. The van der Waals surface area contributed by atoms with Crippen molar-refractivity contribution in [2.24, 2.45) is 0 Å². The Balaban J connectivity index is 1.58. The van der Waals surface area contributed by atoms with Gasteiger partial charge in [-0.1, -0.05) is 30.9 Å². The number of hydrogen-bond donors (Lipinski definition) is 0. The molecule has 0 saturated carbocycles. The topological polar surface area (TPSA) is 0 Å². The molecule has 1 aliphatic carbocycles. The molecular weight excluding hydrogens is 388 g/mol. The van der Waals surface area contributed by atoms with Crippen LogP contribution in [0.1, 0.15) is 52.6 Å². The predicted octanol–water partition coefficient (Wildman–Crippen LogP) is 6.48. The van der Waals surface area contributed by atoms with Gasteiger partial charge in [0.15, 0.2) is 11.6 Å². The largest absolute Gasteiger partial charge is 0.207 e. The molecule has 0 radical (unpaired) electrons. The van der Waals surface area contributed by atoms with Gasteiger partial charge < -0.3 is 0 Å². The van der Waals surface area contributed by atoms with Gasteiger partial charge in [-0.05, 0) is 90.3 Å². The van der Waals surface area contributed by atoms with E-state index in [2.05, 4.69) is 11.8 Å². The summed E-state index contributed by atoms with van der Waals surface area (Å²) in [6.07, 6.45) is 2.84. The summed E-state index contributed by atoms with van der Waals surface area (Å²) in [5.74, 6) is 2.82.